The molecule has 3 rings (SSSR count). The van der Waals surface area contributed by atoms with Crippen molar-refractivity contribution in [2.24, 2.45) is 0 Å². The van der Waals surface area contributed by atoms with E-state index in [0.29, 0.717) is 37.3 Å². The summed E-state index contributed by atoms with van der Waals surface area (Å²) in [4.78, 5) is 26.3. The molecule has 1 N–H and O–H groups in total. The molecule has 6 nitrogen and oxygen atoms in total. The lowest BCUT2D eigenvalue weighted by Gasteiger charge is -2.17. The third kappa shape index (κ3) is 4.28. The van der Waals surface area contributed by atoms with Crippen LogP contribution in [0.15, 0.2) is 35.0 Å². The minimum atomic E-state index is -0.273. The first kappa shape index (κ1) is 18.1. The summed E-state index contributed by atoms with van der Waals surface area (Å²) in [7, 11) is 0. The molecule has 2 heterocycles. The van der Waals surface area contributed by atoms with Gasteiger partial charge in [0.15, 0.2) is 0 Å². The molecule has 7 heteroatoms. The number of hydrogen-bond acceptors (Lipinski definition) is 4. The van der Waals surface area contributed by atoms with E-state index in [2.05, 4.69) is 10.5 Å². The lowest BCUT2D eigenvalue weighted by Crippen LogP contribution is -2.37. The third-order valence-electron chi connectivity index (χ3n) is 4.50. The zero-order valence-corrected chi connectivity index (χ0v) is 14.7. The number of halogens is 1. The van der Waals surface area contributed by atoms with Gasteiger partial charge in [0, 0.05) is 25.9 Å². The van der Waals surface area contributed by atoms with Crippen LogP contribution in [0.3, 0.4) is 0 Å². The lowest BCUT2D eigenvalue weighted by atomic mass is 10.1. The molecule has 1 fully saturated rings. The Morgan fingerprint density at radius 1 is 1.35 bits per heavy atom. The first-order valence-electron chi connectivity index (χ1n) is 8.83. The fraction of sp³-hybridized carbons (Fsp3) is 0.421. The molecule has 26 heavy (non-hydrogen) atoms. The Morgan fingerprint density at radius 3 is 2.85 bits per heavy atom. The molecule has 1 saturated heterocycles. The number of amides is 2. The number of aryl methyl sites for hydroxylation is 1. The van der Waals surface area contributed by atoms with E-state index in [1.165, 1.54) is 18.3 Å². The predicted octanol–water partition coefficient (Wildman–Crippen LogP) is 2.34. The summed E-state index contributed by atoms with van der Waals surface area (Å²) >= 11 is 0. The molecule has 138 valence electrons. The first-order chi connectivity index (χ1) is 12.6. The number of benzene rings is 1. The number of carbonyl (C=O) groups is 2. The van der Waals surface area contributed by atoms with Crippen molar-refractivity contribution in [3.8, 4) is 0 Å². The van der Waals surface area contributed by atoms with Gasteiger partial charge in [-0.2, -0.15) is 0 Å². The highest BCUT2D eigenvalue weighted by molar-refractivity contribution is 5.95. The van der Waals surface area contributed by atoms with Crippen LogP contribution in [0.5, 0.6) is 0 Å². The summed E-state index contributed by atoms with van der Waals surface area (Å²) in [5, 5.41) is 6.59. The average molecular weight is 359 g/mol. The van der Waals surface area contributed by atoms with Crippen LogP contribution in [-0.4, -0.2) is 41.0 Å². The molecule has 1 aromatic heterocycles. The summed E-state index contributed by atoms with van der Waals surface area (Å²) < 4.78 is 18.1. The van der Waals surface area contributed by atoms with Gasteiger partial charge < -0.3 is 14.7 Å². The van der Waals surface area contributed by atoms with Gasteiger partial charge in [0.25, 0.3) is 5.91 Å². The normalized spacial score (nSPS) is 16.9. The molecule has 1 atom stereocenters. The van der Waals surface area contributed by atoms with Crippen LogP contribution in [0.2, 0.25) is 0 Å². The lowest BCUT2D eigenvalue weighted by molar-refractivity contribution is -0.127. The van der Waals surface area contributed by atoms with Gasteiger partial charge in [-0.25, -0.2) is 4.39 Å². The largest absolute Gasteiger partial charge is 0.361 e. The first-order valence-corrected chi connectivity index (χ1v) is 8.83. The average Bonchev–Trinajstić information content (AvgIpc) is 3.21. The number of likely N-dealkylation sites (tertiary alicyclic amines) is 1. The van der Waals surface area contributed by atoms with Crippen LogP contribution >= 0.6 is 0 Å². The maximum Gasteiger partial charge on any atom is 0.256 e. The molecule has 1 aliphatic rings. The topological polar surface area (TPSA) is 75.4 Å². The van der Waals surface area contributed by atoms with Crippen LogP contribution in [0.4, 0.5) is 4.39 Å². The van der Waals surface area contributed by atoms with Crippen molar-refractivity contribution in [3.05, 3.63) is 53.2 Å². The van der Waals surface area contributed by atoms with Crippen molar-refractivity contribution >= 4 is 11.8 Å². The Balaban J connectivity index is 1.53. The summed E-state index contributed by atoms with van der Waals surface area (Å²) in [6.45, 7) is 3.02. The zero-order chi connectivity index (χ0) is 18.5. The third-order valence-corrected chi connectivity index (χ3v) is 4.50. The van der Waals surface area contributed by atoms with E-state index < -0.39 is 0 Å². The quantitative estimate of drug-likeness (QED) is 0.823. The number of aromatic nitrogens is 1. The van der Waals surface area contributed by atoms with Crippen molar-refractivity contribution in [2.75, 3.05) is 13.1 Å². The molecule has 1 aromatic carbocycles. The number of rotatable bonds is 7. The van der Waals surface area contributed by atoms with E-state index in [9.17, 15) is 14.0 Å². The van der Waals surface area contributed by atoms with E-state index in [1.807, 2.05) is 6.92 Å². The monoisotopic (exact) mass is 359 g/mol. The smallest absolute Gasteiger partial charge is 0.256 e. The van der Waals surface area contributed by atoms with Crippen molar-refractivity contribution in [2.45, 2.75) is 38.6 Å². The second-order valence-corrected chi connectivity index (χ2v) is 6.50. The number of nitrogens with one attached hydrogen (secondary N) is 1. The van der Waals surface area contributed by atoms with Crippen molar-refractivity contribution in [3.63, 3.8) is 0 Å². The maximum atomic E-state index is 12.9. The van der Waals surface area contributed by atoms with E-state index in [4.69, 9.17) is 4.52 Å². The highest BCUT2D eigenvalue weighted by atomic mass is 19.1. The zero-order valence-electron chi connectivity index (χ0n) is 14.7. The summed E-state index contributed by atoms with van der Waals surface area (Å²) in [6.07, 6.45) is 3.86. The second kappa shape index (κ2) is 8.12. The van der Waals surface area contributed by atoms with E-state index in [0.717, 1.165) is 12.0 Å². The molecule has 2 amide bonds. The van der Waals surface area contributed by atoms with Crippen LogP contribution in [-0.2, 0) is 17.6 Å². The molecule has 1 unspecified atom stereocenters. The SMILES string of the molecule is CCCc1oncc1C(=O)NC1CC(=O)N(CCc2ccc(F)cc2)C1. The van der Waals surface area contributed by atoms with Crippen LogP contribution < -0.4 is 5.32 Å². The van der Waals surface area contributed by atoms with Crippen LogP contribution in [0.1, 0.15) is 41.4 Å². The second-order valence-electron chi connectivity index (χ2n) is 6.50. The van der Waals surface area contributed by atoms with Gasteiger partial charge in [0.1, 0.15) is 17.1 Å². The molecule has 0 bridgehead atoms. The molecule has 2 aromatic rings. The Kier molecular flexibility index (Phi) is 5.65. The van der Waals surface area contributed by atoms with Gasteiger partial charge >= 0.3 is 0 Å². The van der Waals surface area contributed by atoms with Crippen molar-refractivity contribution in [1.29, 1.82) is 0 Å². The van der Waals surface area contributed by atoms with E-state index >= 15 is 0 Å². The van der Waals surface area contributed by atoms with Gasteiger partial charge in [-0.05, 0) is 30.5 Å². The number of nitrogens with zero attached hydrogens (tertiary/aromatic N) is 2. The van der Waals surface area contributed by atoms with Crippen LogP contribution in [0.25, 0.3) is 0 Å². The highest BCUT2D eigenvalue weighted by Crippen LogP contribution is 2.15. The fourth-order valence-corrected chi connectivity index (χ4v) is 3.12. The maximum absolute atomic E-state index is 12.9. The number of hydrogen-bond donors (Lipinski definition) is 1. The standard InChI is InChI=1S/C19H22FN3O3/c1-2-3-17-16(11-21-26-17)19(25)22-15-10-18(24)23(12-15)9-8-13-4-6-14(20)7-5-13/h4-7,11,15H,2-3,8-10,12H2,1H3,(H,22,25). The molecule has 0 saturated carbocycles. The highest BCUT2D eigenvalue weighted by Gasteiger charge is 2.31. The predicted molar refractivity (Wildman–Crippen MR) is 93.1 cm³/mol. The van der Waals surface area contributed by atoms with Gasteiger partial charge in [-0.3, -0.25) is 9.59 Å². The molecular weight excluding hydrogens is 337 g/mol. The van der Waals surface area contributed by atoms with Gasteiger partial charge in [0.2, 0.25) is 5.91 Å². The minimum Gasteiger partial charge on any atom is -0.361 e. The molecule has 0 spiro atoms. The van der Waals surface area contributed by atoms with Gasteiger partial charge in [0.05, 0.1) is 12.2 Å². The fourth-order valence-electron chi connectivity index (χ4n) is 3.12. The summed E-state index contributed by atoms with van der Waals surface area (Å²) in [5.74, 6) is 0.0526. The minimum absolute atomic E-state index is 0.0107. The Labute approximate surface area is 151 Å². The van der Waals surface area contributed by atoms with Gasteiger partial charge in [-0.1, -0.05) is 24.2 Å². The summed E-state index contributed by atoms with van der Waals surface area (Å²) in [6, 6.07) is 6.04. The van der Waals surface area contributed by atoms with Crippen molar-refractivity contribution < 1.29 is 18.5 Å². The van der Waals surface area contributed by atoms with E-state index in [-0.39, 0.29) is 30.1 Å². The molecule has 1 aliphatic heterocycles. The molecule has 0 radical (unpaired) electrons. The number of carbonyl (C=O) groups excluding carboxylic acids is 2. The van der Waals surface area contributed by atoms with Gasteiger partial charge in [-0.15, -0.1) is 0 Å². The Morgan fingerprint density at radius 2 is 2.12 bits per heavy atom. The Bertz CT molecular complexity index is 773. The Hall–Kier alpha value is -2.70. The molecule has 0 aliphatic carbocycles. The van der Waals surface area contributed by atoms with E-state index in [1.54, 1.807) is 17.0 Å². The summed E-state index contributed by atoms with van der Waals surface area (Å²) in [5.41, 5.74) is 1.41. The van der Waals surface area contributed by atoms with Crippen molar-refractivity contribution in [1.82, 2.24) is 15.4 Å². The molecular formula is C19H22FN3O3. The van der Waals surface area contributed by atoms with Crippen LogP contribution in [0, 0.1) is 5.82 Å².